The smallest absolute Gasteiger partial charge is 0.313 e. The van der Waals surface area contributed by atoms with Gasteiger partial charge in [0, 0.05) is 18.4 Å². The van der Waals surface area contributed by atoms with Gasteiger partial charge in [-0.25, -0.2) is 4.98 Å². The van der Waals surface area contributed by atoms with Crippen molar-refractivity contribution in [3.05, 3.63) is 11.9 Å². The van der Waals surface area contributed by atoms with Crippen LogP contribution < -0.4 is 0 Å². The van der Waals surface area contributed by atoms with Crippen LogP contribution in [0.25, 0.3) is 0 Å². The van der Waals surface area contributed by atoms with Crippen molar-refractivity contribution in [1.82, 2.24) is 9.55 Å². The number of carboxylic acids is 1. The minimum Gasteiger partial charge on any atom is -0.481 e. The van der Waals surface area contributed by atoms with E-state index in [4.69, 9.17) is 5.11 Å². The van der Waals surface area contributed by atoms with E-state index in [9.17, 15) is 4.79 Å². The second kappa shape index (κ2) is 5.94. The van der Waals surface area contributed by atoms with Crippen molar-refractivity contribution in [1.29, 1.82) is 0 Å². The zero-order chi connectivity index (χ0) is 12.1. The third-order valence-electron chi connectivity index (χ3n) is 2.14. The molecule has 0 atom stereocenters. The zero-order valence-electron chi connectivity index (χ0n) is 9.93. The molecule has 0 spiro atoms. The molecule has 1 N–H and O–H groups in total. The Morgan fingerprint density at radius 2 is 2.31 bits per heavy atom. The van der Waals surface area contributed by atoms with Crippen LogP contribution in [0.5, 0.6) is 0 Å². The van der Waals surface area contributed by atoms with Gasteiger partial charge < -0.3 is 9.67 Å². The third-order valence-corrected chi connectivity index (χ3v) is 3.11. The molecule has 5 heteroatoms. The molecule has 0 saturated heterocycles. The molecule has 0 aliphatic rings. The number of carbonyl (C=O) groups is 1. The number of aryl methyl sites for hydroxylation is 1. The molecule has 0 bridgehead atoms. The fraction of sp³-hybridized carbons (Fsp3) is 0.636. The Hall–Kier alpha value is -0.970. The molecule has 16 heavy (non-hydrogen) atoms. The lowest BCUT2D eigenvalue weighted by Gasteiger charge is -2.12. The largest absolute Gasteiger partial charge is 0.481 e. The summed E-state index contributed by atoms with van der Waals surface area (Å²) in [5, 5.41) is 9.47. The van der Waals surface area contributed by atoms with Crippen LogP contribution in [-0.2, 0) is 17.8 Å². The van der Waals surface area contributed by atoms with E-state index in [0.717, 1.165) is 18.1 Å². The molecule has 0 radical (unpaired) electrons. The van der Waals surface area contributed by atoms with E-state index < -0.39 is 5.97 Å². The second-order valence-electron chi connectivity index (χ2n) is 4.07. The molecule has 1 aromatic heterocycles. The number of hydrogen-bond donors (Lipinski definition) is 1. The predicted molar refractivity (Wildman–Crippen MR) is 64.8 cm³/mol. The van der Waals surface area contributed by atoms with Crippen LogP contribution in [0.15, 0.2) is 11.4 Å². The third kappa shape index (κ3) is 3.56. The van der Waals surface area contributed by atoms with Crippen LogP contribution >= 0.6 is 11.8 Å². The quantitative estimate of drug-likeness (QED) is 0.778. The molecular formula is C11H18N2O2S. The Bertz CT molecular complexity index is 361. The maximum atomic E-state index is 10.5. The van der Waals surface area contributed by atoms with Crippen molar-refractivity contribution in [3.63, 3.8) is 0 Å². The van der Waals surface area contributed by atoms with Gasteiger partial charge in [0.1, 0.15) is 0 Å². The van der Waals surface area contributed by atoms with Crippen molar-refractivity contribution in [2.24, 2.45) is 5.92 Å². The highest BCUT2D eigenvalue weighted by atomic mass is 32.2. The van der Waals surface area contributed by atoms with Gasteiger partial charge in [-0.15, -0.1) is 0 Å². The Morgan fingerprint density at radius 1 is 1.62 bits per heavy atom. The van der Waals surface area contributed by atoms with Crippen molar-refractivity contribution in [3.8, 4) is 0 Å². The molecule has 1 rings (SSSR count). The molecule has 1 heterocycles. The lowest BCUT2D eigenvalue weighted by Crippen LogP contribution is -2.10. The summed E-state index contributed by atoms with van der Waals surface area (Å²) < 4.78 is 2.12. The lowest BCUT2D eigenvalue weighted by molar-refractivity contribution is -0.133. The SMILES string of the molecule is CCc1cnc(SCC(=O)O)n1CC(C)C. The number of rotatable bonds is 6. The molecule has 0 fully saturated rings. The number of aromatic nitrogens is 2. The molecule has 0 amide bonds. The van der Waals surface area contributed by atoms with Gasteiger partial charge in [0.15, 0.2) is 5.16 Å². The van der Waals surface area contributed by atoms with E-state index in [1.165, 1.54) is 17.5 Å². The molecule has 0 saturated carbocycles. The van der Waals surface area contributed by atoms with E-state index in [2.05, 4.69) is 30.3 Å². The van der Waals surface area contributed by atoms with E-state index in [1.807, 2.05) is 6.20 Å². The van der Waals surface area contributed by atoms with Crippen molar-refractivity contribution < 1.29 is 9.90 Å². The fourth-order valence-corrected chi connectivity index (χ4v) is 2.20. The average Bonchev–Trinajstić information content (AvgIpc) is 2.56. The maximum Gasteiger partial charge on any atom is 0.313 e. The van der Waals surface area contributed by atoms with Gasteiger partial charge in [-0.1, -0.05) is 32.5 Å². The van der Waals surface area contributed by atoms with Crippen molar-refractivity contribution >= 4 is 17.7 Å². The first-order valence-electron chi connectivity index (χ1n) is 5.43. The molecule has 90 valence electrons. The van der Waals surface area contributed by atoms with Crippen LogP contribution in [-0.4, -0.2) is 26.4 Å². The number of aliphatic carboxylic acids is 1. The first-order valence-corrected chi connectivity index (χ1v) is 6.42. The predicted octanol–water partition coefficient (Wildman–Crippen LogP) is 2.28. The van der Waals surface area contributed by atoms with E-state index in [-0.39, 0.29) is 5.75 Å². The highest BCUT2D eigenvalue weighted by molar-refractivity contribution is 7.99. The molecule has 1 aromatic rings. The van der Waals surface area contributed by atoms with Gasteiger partial charge in [-0.2, -0.15) is 0 Å². The van der Waals surface area contributed by atoms with E-state index >= 15 is 0 Å². The molecular weight excluding hydrogens is 224 g/mol. The molecule has 0 aliphatic heterocycles. The summed E-state index contributed by atoms with van der Waals surface area (Å²) in [7, 11) is 0. The summed E-state index contributed by atoms with van der Waals surface area (Å²) in [5.74, 6) is -0.205. The van der Waals surface area contributed by atoms with Gasteiger partial charge >= 0.3 is 5.97 Å². The summed E-state index contributed by atoms with van der Waals surface area (Å²) in [6.07, 6.45) is 2.76. The standard InChI is InChI=1S/C11H18N2O2S/c1-4-9-5-12-11(16-7-10(14)15)13(9)6-8(2)3/h5,8H,4,6-7H2,1-3H3,(H,14,15). The Balaban J connectivity index is 2.82. The van der Waals surface area contributed by atoms with Crippen LogP contribution in [0.1, 0.15) is 26.5 Å². The maximum absolute atomic E-state index is 10.5. The zero-order valence-corrected chi connectivity index (χ0v) is 10.8. The molecule has 0 aliphatic carbocycles. The first-order chi connectivity index (χ1) is 7.54. The van der Waals surface area contributed by atoms with Gasteiger partial charge in [0.05, 0.1) is 5.75 Å². The number of hydrogen-bond acceptors (Lipinski definition) is 3. The summed E-state index contributed by atoms with van der Waals surface area (Å²) >= 11 is 1.29. The summed E-state index contributed by atoms with van der Waals surface area (Å²) in [6.45, 7) is 7.26. The van der Waals surface area contributed by atoms with Gasteiger partial charge in [0.2, 0.25) is 0 Å². The summed E-state index contributed by atoms with van der Waals surface area (Å²) in [6, 6.07) is 0. The van der Waals surface area contributed by atoms with Crippen LogP contribution in [0.4, 0.5) is 0 Å². The second-order valence-corrected chi connectivity index (χ2v) is 5.02. The summed E-state index contributed by atoms with van der Waals surface area (Å²) in [4.78, 5) is 14.8. The van der Waals surface area contributed by atoms with Crippen LogP contribution in [0, 0.1) is 5.92 Å². The fourth-order valence-electron chi connectivity index (χ4n) is 1.48. The van der Waals surface area contributed by atoms with Crippen LogP contribution in [0.3, 0.4) is 0 Å². The Kier molecular flexibility index (Phi) is 4.86. The minimum absolute atomic E-state index is 0.0677. The Morgan fingerprint density at radius 3 is 2.81 bits per heavy atom. The minimum atomic E-state index is -0.804. The topological polar surface area (TPSA) is 55.1 Å². The summed E-state index contributed by atoms with van der Waals surface area (Å²) in [5.41, 5.74) is 1.17. The van der Waals surface area contributed by atoms with Crippen molar-refractivity contribution in [2.75, 3.05) is 5.75 Å². The monoisotopic (exact) mass is 242 g/mol. The van der Waals surface area contributed by atoms with E-state index in [0.29, 0.717) is 5.92 Å². The normalized spacial score (nSPS) is 11.0. The highest BCUT2D eigenvalue weighted by Gasteiger charge is 2.11. The van der Waals surface area contributed by atoms with Gasteiger partial charge in [-0.05, 0) is 12.3 Å². The van der Waals surface area contributed by atoms with Crippen LogP contribution in [0.2, 0.25) is 0 Å². The van der Waals surface area contributed by atoms with Gasteiger partial charge in [0.25, 0.3) is 0 Å². The number of carboxylic acid groups (broad SMARTS) is 1. The molecule has 0 aromatic carbocycles. The van der Waals surface area contributed by atoms with Gasteiger partial charge in [-0.3, -0.25) is 4.79 Å². The lowest BCUT2D eigenvalue weighted by atomic mass is 10.2. The van der Waals surface area contributed by atoms with Crippen molar-refractivity contribution in [2.45, 2.75) is 38.9 Å². The number of nitrogens with zero attached hydrogens (tertiary/aromatic N) is 2. The number of thioether (sulfide) groups is 1. The average molecular weight is 242 g/mol. The van der Waals surface area contributed by atoms with E-state index in [1.54, 1.807) is 0 Å². The highest BCUT2D eigenvalue weighted by Crippen LogP contribution is 2.20. The Labute approximate surface area is 100 Å². The first kappa shape index (κ1) is 13.1. The molecule has 0 unspecified atom stereocenters. The molecule has 4 nitrogen and oxygen atoms in total. The number of imidazole rings is 1.